The summed E-state index contributed by atoms with van der Waals surface area (Å²) in [7, 11) is 1.35. The van der Waals surface area contributed by atoms with E-state index in [4.69, 9.17) is 4.74 Å². The first kappa shape index (κ1) is 16.2. The number of esters is 1. The van der Waals surface area contributed by atoms with E-state index in [0.29, 0.717) is 37.1 Å². The van der Waals surface area contributed by atoms with Gasteiger partial charge in [0.25, 0.3) is 11.8 Å². The molecule has 0 bridgehead atoms. The minimum Gasteiger partial charge on any atom is -0.469 e. The third-order valence-electron chi connectivity index (χ3n) is 4.55. The topological polar surface area (TPSA) is 84.0 Å². The first-order chi connectivity index (χ1) is 11.5. The number of amides is 3. The van der Waals surface area contributed by atoms with Crippen LogP contribution in [-0.4, -0.2) is 60.2 Å². The summed E-state index contributed by atoms with van der Waals surface area (Å²) >= 11 is 0. The van der Waals surface area contributed by atoms with Gasteiger partial charge in [-0.2, -0.15) is 0 Å². The van der Waals surface area contributed by atoms with Crippen LogP contribution in [0.5, 0.6) is 0 Å². The van der Waals surface area contributed by atoms with E-state index in [0.717, 1.165) is 4.90 Å². The van der Waals surface area contributed by atoms with E-state index in [1.807, 2.05) is 0 Å². The molecule has 0 saturated carbocycles. The lowest BCUT2D eigenvalue weighted by Gasteiger charge is -2.31. The summed E-state index contributed by atoms with van der Waals surface area (Å²) in [6.45, 7) is 0.568. The molecule has 7 nitrogen and oxygen atoms in total. The van der Waals surface area contributed by atoms with Crippen LogP contribution in [0.2, 0.25) is 0 Å². The van der Waals surface area contributed by atoms with Gasteiger partial charge in [0.05, 0.1) is 24.2 Å². The molecule has 7 heteroatoms. The van der Waals surface area contributed by atoms with Crippen molar-refractivity contribution >= 4 is 23.7 Å². The molecule has 0 aliphatic carbocycles. The van der Waals surface area contributed by atoms with Gasteiger partial charge in [-0.25, -0.2) is 0 Å². The highest BCUT2D eigenvalue weighted by Gasteiger charge is 2.37. The Morgan fingerprint density at radius 1 is 1.08 bits per heavy atom. The Labute approximate surface area is 139 Å². The number of nitrogens with zero attached hydrogens (tertiary/aromatic N) is 2. The van der Waals surface area contributed by atoms with Gasteiger partial charge in [0.1, 0.15) is 6.54 Å². The molecule has 1 aromatic rings. The summed E-state index contributed by atoms with van der Waals surface area (Å²) < 4.78 is 4.72. The Bertz CT molecular complexity index is 672. The fourth-order valence-corrected chi connectivity index (χ4v) is 3.15. The number of piperidine rings is 1. The Balaban J connectivity index is 1.62. The Kier molecular flexibility index (Phi) is 4.33. The van der Waals surface area contributed by atoms with Gasteiger partial charge in [-0.1, -0.05) is 12.1 Å². The number of rotatable bonds is 3. The molecule has 1 aromatic carbocycles. The highest BCUT2D eigenvalue weighted by molar-refractivity contribution is 6.22. The summed E-state index contributed by atoms with van der Waals surface area (Å²) in [5.41, 5.74) is 0.666. The van der Waals surface area contributed by atoms with Crippen LogP contribution in [0.3, 0.4) is 0 Å². The second-order valence-corrected chi connectivity index (χ2v) is 5.92. The minimum absolute atomic E-state index is 0.196. The third-order valence-corrected chi connectivity index (χ3v) is 4.55. The molecule has 0 spiro atoms. The lowest BCUT2D eigenvalue weighted by atomic mass is 9.97. The fourth-order valence-electron chi connectivity index (χ4n) is 3.15. The largest absolute Gasteiger partial charge is 0.469 e. The van der Waals surface area contributed by atoms with E-state index >= 15 is 0 Å². The number of methoxy groups -OCH3 is 1. The number of ether oxygens (including phenoxy) is 1. The maximum atomic E-state index is 12.4. The predicted molar refractivity (Wildman–Crippen MR) is 83.1 cm³/mol. The van der Waals surface area contributed by atoms with Gasteiger partial charge in [0.2, 0.25) is 5.91 Å². The molecule has 1 fully saturated rings. The Morgan fingerprint density at radius 3 is 2.12 bits per heavy atom. The lowest BCUT2D eigenvalue weighted by molar-refractivity contribution is -0.148. The number of hydrogen-bond acceptors (Lipinski definition) is 5. The van der Waals surface area contributed by atoms with E-state index in [9.17, 15) is 19.2 Å². The number of likely N-dealkylation sites (tertiary alicyclic amines) is 1. The van der Waals surface area contributed by atoms with Crippen LogP contribution < -0.4 is 0 Å². The number of imide groups is 1. The monoisotopic (exact) mass is 330 g/mol. The molecule has 3 amide bonds. The van der Waals surface area contributed by atoms with Crippen molar-refractivity contribution in [2.24, 2.45) is 5.92 Å². The maximum Gasteiger partial charge on any atom is 0.308 e. The number of hydrogen-bond donors (Lipinski definition) is 0. The normalized spacial score (nSPS) is 17.9. The maximum absolute atomic E-state index is 12.4. The summed E-state index contributed by atoms with van der Waals surface area (Å²) in [5, 5.41) is 0. The molecular weight excluding hydrogens is 312 g/mol. The average Bonchev–Trinajstić information content (AvgIpc) is 2.86. The Hall–Kier alpha value is -2.70. The van der Waals surface area contributed by atoms with Gasteiger partial charge in [-0.05, 0) is 25.0 Å². The van der Waals surface area contributed by atoms with Gasteiger partial charge in [0.15, 0.2) is 0 Å². The van der Waals surface area contributed by atoms with Crippen LogP contribution in [0.15, 0.2) is 24.3 Å². The van der Waals surface area contributed by atoms with E-state index in [-0.39, 0.29) is 24.3 Å². The van der Waals surface area contributed by atoms with Crippen LogP contribution in [0.4, 0.5) is 0 Å². The van der Waals surface area contributed by atoms with Gasteiger partial charge >= 0.3 is 5.97 Å². The fraction of sp³-hybridized carbons (Fsp3) is 0.412. The SMILES string of the molecule is COC(=O)C1CCN(C(=O)CN2C(=O)c3ccccc3C2=O)CC1. The second kappa shape index (κ2) is 6.43. The molecule has 3 rings (SSSR count). The van der Waals surface area contributed by atoms with Crippen LogP contribution in [0, 0.1) is 5.92 Å². The first-order valence-corrected chi connectivity index (χ1v) is 7.83. The molecular formula is C17H18N2O5. The molecule has 2 aliphatic rings. The standard InChI is InChI=1S/C17H18N2O5/c1-24-17(23)11-6-8-18(9-7-11)14(20)10-19-15(21)12-4-2-3-5-13(12)16(19)22/h2-5,11H,6-10H2,1H3. The zero-order valence-electron chi connectivity index (χ0n) is 13.4. The minimum atomic E-state index is -0.437. The van der Waals surface area contributed by atoms with Gasteiger partial charge in [-0.3, -0.25) is 24.1 Å². The van der Waals surface area contributed by atoms with Crippen molar-refractivity contribution in [2.45, 2.75) is 12.8 Å². The summed E-state index contributed by atoms with van der Waals surface area (Å²) in [6.07, 6.45) is 1.06. The third kappa shape index (κ3) is 2.77. The van der Waals surface area contributed by atoms with E-state index < -0.39 is 11.8 Å². The summed E-state index contributed by atoms with van der Waals surface area (Å²) in [6, 6.07) is 6.55. The number of benzene rings is 1. The Morgan fingerprint density at radius 2 is 1.62 bits per heavy atom. The van der Waals surface area contributed by atoms with E-state index in [1.165, 1.54) is 7.11 Å². The second-order valence-electron chi connectivity index (χ2n) is 5.92. The molecule has 0 radical (unpaired) electrons. The first-order valence-electron chi connectivity index (χ1n) is 7.83. The van der Waals surface area contributed by atoms with Crippen molar-refractivity contribution in [1.82, 2.24) is 9.80 Å². The van der Waals surface area contributed by atoms with Crippen LogP contribution in [0.25, 0.3) is 0 Å². The highest BCUT2D eigenvalue weighted by atomic mass is 16.5. The van der Waals surface area contributed by atoms with Crippen molar-refractivity contribution < 1.29 is 23.9 Å². The average molecular weight is 330 g/mol. The molecule has 126 valence electrons. The highest BCUT2D eigenvalue weighted by Crippen LogP contribution is 2.23. The molecule has 24 heavy (non-hydrogen) atoms. The zero-order chi connectivity index (χ0) is 17.3. The van der Waals surface area contributed by atoms with Crippen molar-refractivity contribution in [2.75, 3.05) is 26.7 Å². The molecule has 0 aromatic heterocycles. The number of carbonyl (C=O) groups excluding carboxylic acids is 4. The van der Waals surface area contributed by atoms with E-state index in [2.05, 4.69) is 0 Å². The molecule has 2 aliphatic heterocycles. The summed E-state index contributed by atoms with van der Waals surface area (Å²) in [5.74, 6) is -1.62. The molecule has 0 atom stereocenters. The van der Waals surface area contributed by atoms with Gasteiger partial charge in [0, 0.05) is 13.1 Å². The number of carbonyl (C=O) groups is 4. The number of fused-ring (bicyclic) bond motifs is 1. The van der Waals surface area contributed by atoms with Gasteiger partial charge in [-0.15, -0.1) is 0 Å². The molecule has 0 N–H and O–H groups in total. The van der Waals surface area contributed by atoms with Crippen molar-refractivity contribution in [3.63, 3.8) is 0 Å². The van der Waals surface area contributed by atoms with Crippen molar-refractivity contribution in [3.8, 4) is 0 Å². The van der Waals surface area contributed by atoms with Crippen LogP contribution in [0.1, 0.15) is 33.6 Å². The molecule has 1 saturated heterocycles. The molecule has 0 unspecified atom stereocenters. The predicted octanol–water partition coefficient (Wildman–Crippen LogP) is 0.694. The quantitative estimate of drug-likeness (QED) is 0.601. The van der Waals surface area contributed by atoms with Crippen LogP contribution >= 0.6 is 0 Å². The smallest absolute Gasteiger partial charge is 0.308 e. The van der Waals surface area contributed by atoms with Crippen LogP contribution in [-0.2, 0) is 14.3 Å². The summed E-state index contributed by atoms with van der Waals surface area (Å²) in [4.78, 5) is 51.0. The lowest BCUT2D eigenvalue weighted by Crippen LogP contribution is -2.46. The van der Waals surface area contributed by atoms with E-state index in [1.54, 1.807) is 29.2 Å². The van der Waals surface area contributed by atoms with Crippen molar-refractivity contribution in [3.05, 3.63) is 35.4 Å². The molecule has 2 heterocycles. The van der Waals surface area contributed by atoms with Crippen molar-refractivity contribution in [1.29, 1.82) is 0 Å². The zero-order valence-corrected chi connectivity index (χ0v) is 13.4. The van der Waals surface area contributed by atoms with Gasteiger partial charge < -0.3 is 9.64 Å².